The van der Waals surface area contributed by atoms with Crippen LogP contribution in [0.15, 0.2) is 91.3 Å². The number of piperidine rings is 1. The second kappa shape index (κ2) is 10.8. The number of H-pyrrole nitrogens is 1. The summed E-state index contributed by atoms with van der Waals surface area (Å²) in [7, 11) is 0. The van der Waals surface area contributed by atoms with E-state index in [-0.39, 0.29) is 5.56 Å². The molecule has 5 aromatic rings. The van der Waals surface area contributed by atoms with Crippen LogP contribution in [0.1, 0.15) is 28.8 Å². The molecule has 39 heavy (non-hydrogen) atoms. The number of benzene rings is 3. The molecule has 2 aromatic heterocycles. The fraction of sp³-hybridized carbons (Fsp3) is 0.188. The first-order valence-electron chi connectivity index (χ1n) is 13.1. The molecule has 0 spiro atoms. The van der Waals surface area contributed by atoms with Crippen molar-refractivity contribution in [2.24, 2.45) is 5.92 Å². The zero-order valence-electron chi connectivity index (χ0n) is 21.3. The maximum absolute atomic E-state index is 11.9. The van der Waals surface area contributed by atoms with Gasteiger partial charge in [-0.3, -0.25) is 0 Å². The SMILES string of the molecule is O=C(O)c1ccc(N2CCC(Cc3ccccc3-c3ccc(Cl)cc3)CC2)cc1Oc1cnc2[nH]ccc2c1. The first kappa shape index (κ1) is 25.0. The number of carboxylic acids is 1. The van der Waals surface area contributed by atoms with Gasteiger partial charge in [0.05, 0.1) is 6.20 Å². The molecule has 0 amide bonds. The van der Waals surface area contributed by atoms with Crippen LogP contribution in [0, 0.1) is 5.92 Å². The van der Waals surface area contributed by atoms with E-state index in [0.717, 1.165) is 54.1 Å². The van der Waals surface area contributed by atoms with E-state index in [2.05, 4.69) is 51.3 Å². The minimum atomic E-state index is -1.02. The number of hydrogen-bond donors (Lipinski definition) is 2. The Morgan fingerprint density at radius 2 is 1.82 bits per heavy atom. The molecule has 7 heteroatoms. The number of anilines is 1. The third-order valence-electron chi connectivity index (χ3n) is 7.46. The van der Waals surface area contributed by atoms with Crippen LogP contribution in [0.3, 0.4) is 0 Å². The molecule has 1 saturated heterocycles. The zero-order chi connectivity index (χ0) is 26.8. The Bertz CT molecular complexity index is 1620. The smallest absolute Gasteiger partial charge is 0.339 e. The van der Waals surface area contributed by atoms with Crippen molar-refractivity contribution in [3.05, 3.63) is 107 Å². The molecule has 196 valence electrons. The first-order valence-corrected chi connectivity index (χ1v) is 13.5. The Balaban J connectivity index is 1.16. The van der Waals surface area contributed by atoms with Crippen molar-refractivity contribution in [3.8, 4) is 22.6 Å². The molecule has 1 aliphatic rings. The summed E-state index contributed by atoms with van der Waals surface area (Å²) in [5, 5.41) is 11.4. The second-order valence-electron chi connectivity index (χ2n) is 9.97. The van der Waals surface area contributed by atoms with Gasteiger partial charge in [0.1, 0.15) is 22.7 Å². The predicted octanol–water partition coefficient (Wildman–Crippen LogP) is 7.83. The third-order valence-corrected chi connectivity index (χ3v) is 7.71. The van der Waals surface area contributed by atoms with Crippen LogP contribution in [0.25, 0.3) is 22.2 Å². The molecule has 2 N–H and O–H groups in total. The lowest BCUT2D eigenvalue weighted by Gasteiger charge is -2.34. The van der Waals surface area contributed by atoms with E-state index in [1.54, 1.807) is 12.3 Å². The average molecular weight is 538 g/mol. The topological polar surface area (TPSA) is 78.4 Å². The highest BCUT2D eigenvalue weighted by Crippen LogP contribution is 2.34. The van der Waals surface area contributed by atoms with Crippen LogP contribution in [-0.4, -0.2) is 34.1 Å². The number of carboxylic acid groups (broad SMARTS) is 1. The normalized spacial score (nSPS) is 14.0. The van der Waals surface area contributed by atoms with Crippen LogP contribution >= 0.6 is 11.6 Å². The van der Waals surface area contributed by atoms with Crippen molar-refractivity contribution < 1.29 is 14.6 Å². The van der Waals surface area contributed by atoms with Gasteiger partial charge in [-0.1, -0.05) is 48.0 Å². The molecule has 1 fully saturated rings. The number of aromatic amines is 1. The summed E-state index contributed by atoms with van der Waals surface area (Å²) in [6.07, 6.45) is 6.54. The van der Waals surface area contributed by atoms with Gasteiger partial charge in [-0.15, -0.1) is 0 Å². The van der Waals surface area contributed by atoms with E-state index in [1.165, 1.54) is 16.7 Å². The van der Waals surface area contributed by atoms with Crippen molar-refractivity contribution >= 4 is 34.3 Å². The Morgan fingerprint density at radius 1 is 1.03 bits per heavy atom. The molecule has 0 bridgehead atoms. The van der Waals surface area contributed by atoms with Crippen molar-refractivity contribution in [2.45, 2.75) is 19.3 Å². The summed E-state index contributed by atoms with van der Waals surface area (Å²) >= 11 is 6.10. The maximum atomic E-state index is 11.9. The summed E-state index contributed by atoms with van der Waals surface area (Å²) in [6.45, 7) is 1.80. The molecule has 6 nitrogen and oxygen atoms in total. The minimum Gasteiger partial charge on any atom is -0.478 e. The Hall–Kier alpha value is -4.29. The monoisotopic (exact) mass is 537 g/mol. The molecule has 3 aromatic carbocycles. The molecule has 0 saturated carbocycles. The van der Waals surface area contributed by atoms with E-state index in [1.807, 2.05) is 42.6 Å². The van der Waals surface area contributed by atoms with E-state index < -0.39 is 5.97 Å². The van der Waals surface area contributed by atoms with Gasteiger partial charge >= 0.3 is 5.97 Å². The van der Waals surface area contributed by atoms with E-state index >= 15 is 0 Å². The van der Waals surface area contributed by atoms with Crippen LogP contribution in [-0.2, 0) is 6.42 Å². The summed E-state index contributed by atoms with van der Waals surface area (Å²) in [5.41, 5.74) is 5.65. The number of hydrogen-bond acceptors (Lipinski definition) is 4. The number of nitrogens with one attached hydrogen (secondary N) is 1. The highest BCUT2D eigenvalue weighted by Gasteiger charge is 2.23. The fourth-order valence-corrected chi connectivity index (χ4v) is 5.51. The number of fused-ring (bicyclic) bond motifs is 1. The number of aromatic nitrogens is 2. The number of aromatic carboxylic acids is 1. The largest absolute Gasteiger partial charge is 0.478 e. The van der Waals surface area contributed by atoms with Gasteiger partial charge in [-0.2, -0.15) is 0 Å². The van der Waals surface area contributed by atoms with Crippen molar-refractivity contribution in [2.75, 3.05) is 18.0 Å². The Kier molecular flexibility index (Phi) is 6.95. The lowest BCUT2D eigenvalue weighted by Crippen LogP contribution is -2.34. The number of pyridine rings is 1. The van der Waals surface area contributed by atoms with Crippen molar-refractivity contribution in [3.63, 3.8) is 0 Å². The number of rotatable bonds is 7. The molecule has 3 heterocycles. The lowest BCUT2D eigenvalue weighted by atomic mass is 9.87. The number of carbonyl (C=O) groups is 1. The fourth-order valence-electron chi connectivity index (χ4n) is 5.39. The molecule has 0 aliphatic carbocycles. The number of ether oxygens (including phenoxy) is 1. The molecule has 0 atom stereocenters. The highest BCUT2D eigenvalue weighted by atomic mass is 35.5. The Morgan fingerprint density at radius 3 is 2.62 bits per heavy atom. The second-order valence-corrected chi connectivity index (χ2v) is 10.4. The standard InChI is InChI=1S/C32H28ClN3O3/c33-25-7-5-22(6-8-25)28-4-2-1-3-23(28)17-21-12-15-36(16-13-21)26-9-10-29(32(37)38)30(19-26)39-27-18-24-11-14-34-31(24)35-20-27/h1-11,14,18-21H,12-13,15-17H2,(H,34,35)(H,37,38). The van der Waals surface area contributed by atoms with Gasteiger partial charge in [-0.25, -0.2) is 9.78 Å². The van der Waals surface area contributed by atoms with Gasteiger partial charge in [0.2, 0.25) is 0 Å². The van der Waals surface area contributed by atoms with E-state index in [9.17, 15) is 9.90 Å². The highest BCUT2D eigenvalue weighted by molar-refractivity contribution is 6.30. The maximum Gasteiger partial charge on any atom is 0.339 e. The number of halogens is 1. The summed E-state index contributed by atoms with van der Waals surface area (Å²) in [6, 6.07) is 25.7. The van der Waals surface area contributed by atoms with E-state index in [4.69, 9.17) is 16.3 Å². The van der Waals surface area contributed by atoms with Crippen molar-refractivity contribution in [1.29, 1.82) is 0 Å². The van der Waals surface area contributed by atoms with Crippen LogP contribution in [0.5, 0.6) is 11.5 Å². The molecule has 1 aliphatic heterocycles. The van der Waals surface area contributed by atoms with Crippen LogP contribution in [0.2, 0.25) is 5.02 Å². The predicted molar refractivity (Wildman–Crippen MR) is 155 cm³/mol. The van der Waals surface area contributed by atoms with Gasteiger partial charge in [0.15, 0.2) is 0 Å². The molecule has 0 unspecified atom stereocenters. The van der Waals surface area contributed by atoms with Crippen molar-refractivity contribution in [1.82, 2.24) is 9.97 Å². The summed E-state index contributed by atoms with van der Waals surface area (Å²) in [4.78, 5) is 21.6. The molecular formula is C32H28ClN3O3. The van der Waals surface area contributed by atoms with Crippen LogP contribution in [0.4, 0.5) is 5.69 Å². The average Bonchev–Trinajstić information content (AvgIpc) is 3.42. The van der Waals surface area contributed by atoms with Gasteiger partial charge in [0.25, 0.3) is 0 Å². The number of nitrogens with zero attached hydrogens (tertiary/aromatic N) is 2. The summed E-state index contributed by atoms with van der Waals surface area (Å²) < 4.78 is 6.05. The van der Waals surface area contributed by atoms with Crippen LogP contribution < -0.4 is 9.64 Å². The summed E-state index contributed by atoms with van der Waals surface area (Å²) in [5.74, 6) is 0.365. The van der Waals surface area contributed by atoms with Gasteiger partial charge in [0, 0.05) is 41.4 Å². The zero-order valence-corrected chi connectivity index (χ0v) is 22.1. The van der Waals surface area contributed by atoms with Gasteiger partial charge in [-0.05, 0) is 78.3 Å². The van der Waals surface area contributed by atoms with Gasteiger partial charge < -0.3 is 19.7 Å². The minimum absolute atomic E-state index is 0.126. The third kappa shape index (κ3) is 5.47. The molecular weight excluding hydrogens is 510 g/mol. The lowest BCUT2D eigenvalue weighted by molar-refractivity contribution is 0.0694. The molecule has 6 rings (SSSR count). The first-order chi connectivity index (χ1) is 19.0. The quantitative estimate of drug-likeness (QED) is 0.221. The Labute approximate surface area is 231 Å². The van der Waals surface area contributed by atoms with E-state index in [0.29, 0.717) is 17.4 Å². The molecule has 0 radical (unpaired) electrons.